The standard InChI is InChI=1S/C9H11N2S/c1-7(2)9(12)11-8-4-3-5-10-6-8/h3-4,6-7H,1-2H3,(H,11,12). The van der Waals surface area contributed by atoms with Crippen LogP contribution in [-0.4, -0.2) is 9.97 Å². The number of rotatable bonds is 2. The second kappa shape index (κ2) is 4.16. The maximum atomic E-state index is 5.11. The topological polar surface area (TPSA) is 24.9 Å². The lowest BCUT2D eigenvalue weighted by Gasteiger charge is -2.09. The van der Waals surface area contributed by atoms with E-state index in [1.165, 1.54) is 0 Å². The van der Waals surface area contributed by atoms with E-state index < -0.39 is 0 Å². The van der Waals surface area contributed by atoms with E-state index in [4.69, 9.17) is 12.2 Å². The fourth-order valence-electron chi connectivity index (χ4n) is 0.680. The van der Waals surface area contributed by atoms with Crippen molar-refractivity contribution in [2.75, 3.05) is 5.32 Å². The number of thiocarbonyl (C=S) groups is 1. The molecule has 0 aliphatic rings. The molecule has 2 nitrogen and oxygen atoms in total. The highest BCUT2D eigenvalue weighted by atomic mass is 32.1. The predicted molar refractivity (Wildman–Crippen MR) is 54.1 cm³/mol. The normalized spacial score (nSPS) is 9.92. The van der Waals surface area contributed by atoms with Gasteiger partial charge in [-0.1, -0.05) is 26.1 Å². The lowest BCUT2D eigenvalue weighted by Crippen LogP contribution is -2.15. The van der Waals surface area contributed by atoms with Gasteiger partial charge >= 0.3 is 0 Å². The van der Waals surface area contributed by atoms with Crippen LogP contribution in [0.3, 0.4) is 0 Å². The van der Waals surface area contributed by atoms with Crippen molar-refractivity contribution in [2.24, 2.45) is 5.92 Å². The van der Waals surface area contributed by atoms with Crippen LogP contribution < -0.4 is 5.32 Å². The predicted octanol–water partition coefficient (Wildman–Crippen LogP) is 2.28. The summed E-state index contributed by atoms with van der Waals surface area (Å²) in [5.41, 5.74) is 0.924. The van der Waals surface area contributed by atoms with Crippen LogP contribution >= 0.6 is 12.2 Å². The molecule has 1 heterocycles. The van der Waals surface area contributed by atoms with Crippen LogP contribution in [0.5, 0.6) is 0 Å². The summed E-state index contributed by atoms with van der Waals surface area (Å²) in [4.78, 5) is 4.69. The van der Waals surface area contributed by atoms with Gasteiger partial charge in [0.05, 0.1) is 23.1 Å². The lowest BCUT2D eigenvalue weighted by molar-refractivity contribution is 0.898. The minimum Gasteiger partial charge on any atom is -0.349 e. The second-order valence-electron chi connectivity index (χ2n) is 2.82. The van der Waals surface area contributed by atoms with Crippen LogP contribution in [0, 0.1) is 12.1 Å². The molecule has 0 saturated heterocycles. The fourth-order valence-corrected chi connectivity index (χ4v) is 0.798. The molecule has 1 aromatic rings. The molecule has 12 heavy (non-hydrogen) atoms. The summed E-state index contributed by atoms with van der Waals surface area (Å²) >= 11 is 5.11. The molecule has 0 aliphatic heterocycles. The molecular weight excluding hydrogens is 168 g/mol. The number of anilines is 1. The van der Waals surface area contributed by atoms with E-state index in [0.717, 1.165) is 10.7 Å². The van der Waals surface area contributed by atoms with E-state index in [0.29, 0.717) is 5.92 Å². The zero-order chi connectivity index (χ0) is 8.97. The van der Waals surface area contributed by atoms with E-state index in [9.17, 15) is 0 Å². The summed E-state index contributed by atoms with van der Waals surface area (Å²) in [7, 11) is 0. The Morgan fingerprint density at radius 1 is 1.67 bits per heavy atom. The van der Waals surface area contributed by atoms with Crippen LogP contribution in [0.15, 0.2) is 18.3 Å². The number of hydrogen-bond donors (Lipinski definition) is 1. The molecule has 1 aromatic heterocycles. The highest BCUT2D eigenvalue weighted by molar-refractivity contribution is 7.80. The Morgan fingerprint density at radius 2 is 2.42 bits per heavy atom. The maximum Gasteiger partial charge on any atom is 0.0887 e. The lowest BCUT2D eigenvalue weighted by atomic mass is 10.2. The van der Waals surface area contributed by atoms with E-state index >= 15 is 0 Å². The maximum absolute atomic E-state index is 5.11. The Bertz CT molecular complexity index is 256. The monoisotopic (exact) mass is 179 g/mol. The average Bonchev–Trinajstić information content (AvgIpc) is 2.06. The third-order valence-electron chi connectivity index (χ3n) is 1.41. The number of pyridine rings is 1. The van der Waals surface area contributed by atoms with Crippen molar-refractivity contribution in [1.29, 1.82) is 0 Å². The number of nitrogens with zero attached hydrogens (tertiary/aromatic N) is 1. The summed E-state index contributed by atoms with van der Waals surface area (Å²) in [6, 6.07) is 3.65. The molecule has 0 aliphatic carbocycles. The van der Waals surface area contributed by atoms with Gasteiger partial charge in [-0.2, -0.15) is 0 Å². The minimum absolute atomic E-state index is 0.365. The average molecular weight is 179 g/mol. The zero-order valence-corrected chi connectivity index (χ0v) is 7.98. The SMILES string of the molecule is CC(C)C(=S)Nc1cc[c]nc1. The van der Waals surface area contributed by atoms with Gasteiger partial charge in [-0.15, -0.1) is 0 Å². The van der Waals surface area contributed by atoms with Crippen LogP contribution in [0.2, 0.25) is 0 Å². The molecule has 63 valence electrons. The quantitative estimate of drug-likeness (QED) is 0.705. The Morgan fingerprint density at radius 3 is 2.92 bits per heavy atom. The van der Waals surface area contributed by atoms with Crippen molar-refractivity contribution >= 4 is 22.9 Å². The molecule has 3 heteroatoms. The Labute approximate surface area is 78.0 Å². The molecule has 1 radical (unpaired) electrons. The van der Waals surface area contributed by atoms with Crippen molar-refractivity contribution in [3.8, 4) is 0 Å². The van der Waals surface area contributed by atoms with E-state index in [2.05, 4.69) is 30.3 Å². The first kappa shape index (κ1) is 9.13. The van der Waals surface area contributed by atoms with Gasteiger partial charge in [0.1, 0.15) is 0 Å². The molecule has 0 aromatic carbocycles. The molecule has 0 saturated carbocycles. The molecule has 0 bridgehead atoms. The van der Waals surface area contributed by atoms with Crippen molar-refractivity contribution < 1.29 is 0 Å². The molecule has 0 spiro atoms. The second-order valence-corrected chi connectivity index (χ2v) is 3.26. The summed E-state index contributed by atoms with van der Waals surface area (Å²) < 4.78 is 0. The number of nitrogens with one attached hydrogen (secondary N) is 1. The van der Waals surface area contributed by atoms with Crippen LogP contribution in [0.4, 0.5) is 5.69 Å². The highest BCUT2D eigenvalue weighted by Crippen LogP contribution is 2.06. The zero-order valence-electron chi connectivity index (χ0n) is 7.16. The first-order valence-corrected chi connectivity index (χ1v) is 4.24. The summed E-state index contributed by atoms with van der Waals surface area (Å²) in [6.07, 6.45) is 4.41. The summed E-state index contributed by atoms with van der Waals surface area (Å²) in [6.45, 7) is 4.11. The van der Waals surface area contributed by atoms with Gasteiger partial charge in [0.25, 0.3) is 0 Å². The highest BCUT2D eigenvalue weighted by Gasteiger charge is 2.01. The fraction of sp³-hybridized carbons (Fsp3) is 0.333. The Balaban J connectivity index is 2.59. The van der Waals surface area contributed by atoms with Crippen LogP contribution in [0.1, 0.15) is 13.8 Å². The van der Waals surface area contributed by atoms with Gasteiger partial charge in [0.15, 0.2) is 0 Å². The van der Waals surface area contributed by atoms with Gasteiger partial charge in [0.2, 0.25) is 0 Å². The third-order valence-corrected chi connectivity index (χ3v) is 1.98. The van der Waals surface area contributed by atoms with Gasteiger partial charge in [-0.25, -0.2) is 0 Å². The smallest absolute Gasteiger partial charge is 0.0887 e. The molecule has 0 unspecified atom stereocenters. The van der Waals surface area contributed by atoms with E-state index in [1.54, 1.807) is 12.3 Å². The van der Waals surface area contributed by atoms with Crippen molar-refractivity contribution in [3.05, 3.63) is 24.5 Å². The van der Waals surface area contributed by atoms with Gasteiger partial charge in [-0.05, 0) is 12.1 Å². The Kier molecular flexibility index (Phi) is 3.17. The molecule has 0 amide bonds. The third kappa shape index (κ3) is 2.58. The minimum atomic E-state index is 0.365. The Hall–Kier alpha value is -0.960. The molecule has 1 rings (SSSR count). The number of aromatic nitrogens is 1. The van der Waals surface area contributed by atoms with Gasteiger partial charge < -0.3 is 5.32 Å². The van der Waals surface area contributed by atoms with Gasteiger partial charge in [-0.3, -0.25) is 4.98 Å². The molecular formula is C9H11N2S. The first-order chi connectivity index (χ1) is 5.70. The van der Waals surface area contributed by atoms with E-state index in [1.807, 2.05) is 6.07 Å². The largest absolute Gasteiger partial charge is 0.349 e. The van der Waals surface area contributed by atoms with Gasteiger partial charge in [0, 0.05) is 5.92 Å². The van der Waals surface area contributed by atoms with Crippen molar-refractivity contribution in [1.82, 2.24) is 4.98 Å². The first-order valence-electron chi connectivity index (χ1n) is 3.83. The van der Waals surface area contributed by atoms with Crippen molar-refractivity contribution in [2.45, 2.75) is 13.8 Å². The van der Waals surface area contributed by atoms with Crippen LogP contribution in [-0.2, 0) is 0 Å². The molecule has 0 atom stereocenters. The number of hydrogen-bond acceptors (Lipinski definition) is 2. The van der Waals surface area contributed by atoms with Crippen LogP contribution in [0.25, 0.3) is 0 Å². The summed E-state index contributed by atoms with van der Waals surface area (Å²) in [5.74, 6) is 0.365. The van der Waals surface area contributed by atoms with E-state index in [-0.39, 0.29) is 0 Å². The summed E-state index contributed by atoms with van der Waals surface area (Å²) in [5, 5.41) is 3.09. The van der Waals surface area contributed by atoms with Crippen molar-refractivity contribution in [3.63, 3.8) is 0 Å². The molecule has 0 fully saturated rings. The molecule has 1 N–H and O–H groups in total.